The smallest absolute Gasteiger partial charge is 0.306 e. The maximum absolute atomic E-state index is 12.7. The standard InChI is InChI=1S/C47H87NO7/c1-6-8-10-12-14-16-18-20-22-23-24-26-28-30-32-34-36-38-46(50)55-43(41-53-40-39-44(47(51)52)48(3,4)5)42-54-45(49)37-35-33-31-29-27-25-21-19-17-15-13-11-9-7-2/h20,22,25,27,43-44H,6-19,21,23-24,26,28-42H2,1-5H3/b22-20+,27-25+. The highest BCUT2D eigenvalue weighted by Crippen LogP contribution is 2.14. The zero-order chi connectivity index (χ0) is 40.7. The van der Waals surface area contributed by atoms with Crippen molar-refractivity contribution >= 4 is 17.9 Å². The van der Waals surface area contributed by atoms with Crippen LogP contribution in [0.5, 0.6) is 0 Å². The van der Waals surface area contributed by atoms with Crippen molar-refractivity contribution in [3.8, 4) is 0 Å². The lowest BCUT2D eigenvalue weighted by atomic mass is 10.1. The Balaban J connectivity index is 4.34. The number of unbranched alkanes of at least 4 members (excludes halogenated alkanes) is 23. The van der Waals surface area contributed by atoms with Gasteiger partial charge in [0.1, 0.15) is 12.6 Å². The second kappa shape index (κ2) is 38.7. The van der Waals surface area contributed by atoms with Crippen LogP contribution >= 0.6 is 0 Å². The number of esters is 2. The molecule has 2 atom stereocenters. The highest BCUT2D eigenvalue weighted by atomic mass is 16.6. The van der Waals surface area contributed by atoms with Crippen LogP contribution in [-0.2, 0) is 28.6 Å². The van der Waals surface area contributed by atoms with E-state index in [1.165, 1.54) is 122 Å². The van der Waals surface area contributed by atoms with Crippen LogP contribution in [0.1, 0.15) is 206 Å². The van der Waals surface area contributed by atoms with Gasteiger partial charge < -0.3 is 28.6 Å². The van der Waals surface area contributed by atoms with E-state index in [0.29, 0.717) is 12.8 Å². The molecule has 0 aliphatic rings. The van der Waals surface area contributed by atoms with Crippen LogP contribution in [0.15, 0.2) is 24.3 Å². The minimum absolute atomic E-state index is 0.0371. The topological polar surface area (TPSA) is 102 Å². The van der Waals surface area contributed by atoms with Crippen LogP contribution in [0, 0.1) is 0 Å². The third-order valence-electron chi connectivity index (χ3n) is 10.3. The molecule has 0 heterocycles. The summed E-state index contributed by atoms with van der Waals surface area (Å²) in [6.45, 7) is 4.65. The number of quaternary nitrogens is 1. The van der Waals surface area contributed by atoms with Crippen LogP contribution in [0.3, 0.4) is 0 Å². The first kappa shape index (κ1) is 52.8. The number of hydrogen-bond acceptors (Lipinski definition) is 7. The highest BCUT2D eigenvalue weighted by molar-refractivity contribution is 5.70. The molecule has 0 rings (SSSR count). The molecule has 8 nitrogen and oxygen atoms in total. The molecule has 0 bridgehead atoms. The van der Waals surface area contributed by atoms with Gasteiger partial charge in [-0.2, -0.15) is 0 Å². The molecule has 0 spiro atoms. The molecule has 0 aromatic rings. The second-order valence-electron chi connectivity index (χ2n) is 16.6. The zero-order valence-electron chi connectivity index (χ0n) is 36.6. The predicted molar refractivity (Wildman–Crippen MR) is 227 cm³/mol. The van der Waals surface area contributed by atoms with E-state index in [1.807, 2.05) is 0 Å². The summed E-state index contributed by atoms with van der Waals surface area (Å²) < 4.78 is 17.2. The normalized spacial score (nSPS) is 13.1. The van der Waals surface area contributed by atoms with E-state index >= 15 is 0 Å². The fourth-order valence-electron chi connectivity index (χ4n) is 6.71. The highest BCUT2D eigenvalue weighted by Gasteiger charge is 2.25. The van der Waals surface area contributed by atoms with Gasteiger partial charge in [0, 0.05) is 19.3 Å². The summed E-state index contributed by atoms with van der Waals surface area (Å²) in [7, 11) is 5.41. The molecule has 0 saturated heterocycles. The van der Waals surface area contributed by atoms with Crippen molar-refractivity contribution in [2.45, 2.75) is 219 Å². The van der Waals surface area contributed by atoms with Crippen molar-refractivity contribution in [2.24, 2.45) is 0 Å². The maximum Gasteiger partial charge on any atom is 0.306 e. The van der Waals surface area contributed by atoms with Gasteiger partial charge in [0.25, 0.3) is 0 Å². The molecular weight excluding hydrogens is 691 g/mol. The summed E-state index contributed by atoms with van der Waals surface area (Å²) >= 11 is 0. The van der Waals surface area contributed by atoms with Crippen molar-refractivity contribution in [2.75, 3.05) is 41.0 Å². The monoisotopic (exact) mass is 778 g/mol. The van der Waals surface area contributed by atoms with Crippen LogP contribution in [0.2, 0.25) is 0 Å². The summed E-state index contributed by atoms with van der Waals surface area (Å²) in [5.74, 6) is -1.75. The van der Waals surface area contributed by atoms with Crippen LogP contribution in [0.25, 0.3) is 0 Å². The van der Waals surface area contributed by atoms with E-state index in [-0.39, 0.29) is 42.7 Å². The van der Waals surface area contributed by atoms with Gasteiger partial charge >= 0.3 is 11.9 Å². The quantitative estimate of drug-likeness (QED) is 0.0264. The largest absolute Gasteiger partial charge is 0.544 e. The number of rotatable bonds is 41. The number of carboxylic acid groups (broad SMARTS) is 1. The molecule has 55 heavy (non-hydrogen) atoms. The average Bonchev–Trinajstić information content (AvgIpc) is 3.14. The Bertz CT molecular complexity index is 957. The molecule has 0 aliphatic heterocycles. The summed E-state index contributed by atoms with van der Waals surface area (Å²) in [6, 6.07) is -0.726. The summed E-state index contributed by atoms with van der Waals surface area (Å²) in [5.41, 5.74) is 0. The molecule has 0 radical (unpaired) electrons. The molecule has 0 N–H and O–H groups in total. The molecule has 2 unspecified atom stereocenters. The van der Waals surface area contributed by atoms with Gasteiger partial charge in [0.05, 0.1) is 40.3 Å². The Morgan fingerprint density at radius 1 is 0.527 bits per heavy atom. The fourth-order valence-corrected chi connectivity index (χ4v) is 6.71. The number of hydrogen-bond donors (Lipinski definition) is 0. The predicted octanol–water partition coefficient (Wildman–Crippen LogP) is 11.1. The number of ether oxygens (including phenoxy) is 3. The minimum atomic E-state index is -1.13. The Hall–Kier alpha value is -2.19. The molecule has 0 amide bonds. The lowest BCUT2D eigenvalue weighted by molar-refractivity contribution is -0.889. The number of carbonyl (C=O) groups is 3. The number of nitrogens with zero attached hydrogens (tertiary/aromatic N) is 1. The lowest BCUT2D eigenvalue weighted by Crippen LogP contribution is -2.55. The van der Waals surface area contributed by atoms with Crippen molar-refractivity contribution < 1.29 is 38.2 Å². The minimum Gasteiger partial charge on any atom is -0.544 e. The Labute approximate surface area is 339 Å². The van der Waals surface area contributed by atoms with Gasteiger partial charge in [-0.15, -0.1) is 0 Å². The number of carboxylic acids is 1. The Kier molecular flexibility index (Phi) is 37.1. The second-order valence-corrected chi connectivity index (χ2v) is 16.6. The van der Waals surface area contributed by atoms with Crippen LogP contribution in [-0.4, -0.2) is 75.5 Å². The molecule has 322 valence electrons. The number of carbonyl (C=O) groups excluding carboxylic acids is 3. The molecule has 0 aliphatic carbocycles. The molecule has 8 heteroatoms. The zero-order valence-corrected chi connectivity index (χ0v) is 36.6. The number of allylic oxidation sites excluding steroid dienone is 4. The lowest BCUT2D eigenvalue weighted by Gasteiger charge is -2.34. The van der Waals surface area contributed by atoms with Crippen molar-refractivity contribution in [3.63, 3.8) is 0 Å². The van der Waals surface area contributed by atoms with E-state index in [9.17, 15) is 19.5 Å². The molecule has 0 saturated carbocycles. The summed E-state index contributed by atoms with van der Waals surface area (Å²) in [5, 5.41) is 11.6. The van der Waals surface area contributed by atoms with Gasteiger partial charge in [0.15, 0.2) is 6.10 Å². The molecule has 0 fully saturated rings. The van der Waals surface area contributed by atoms with Crippen LogP contribution < -0.4 is 5.11 Å². The Morgan fingerprint density at radius 2 is 0.909 bits per heavy atom. The number of aliphatic carboxylic acids is 1. The third-order valence-corrected chi connectivity index (χ3v) is 10.3. The average molecular weight is 778 g/mol. The van der Waals surface area contributed by atoms with Gasteiger partial charge in [-0.1, -0.05) is 147 Å². The number of likely N-dealkylation sites (N-methyl/N-ethyl adjacent to an activating group) is 1. The van der Waals surface area contributed by atoms with E-state index in [2.05, 4.69) is 38.2 Å². The van der Waals surface area contributed by atoms with Gasteiger partial charge in [-0.25, -0.2) is 0 Å². The Morgan fingerprint density at radius 3 is 1.33 bits per heavy atom. The van der Waals surface area contributed by atoms with E-state index in [4.69, 9.17) is 14.2 Å². The SMILES string of the molecule is CCCCCCCC/C=C/CCCCCCCCCC(=O)OC(COCCC(C(=O)[O-])[N+](C)(C)C)COC(=O)CCCCC/C=C/CCCCCCCCC. The molecular formula is C47H87NO7. The van der Waals surface area contributed by atoms with Crippen LogP contribution in [0.4, 0.5) is 0 Å². The molecule has 0 aromatic heterocycles. The first-order valence-corrected chi connectivity index (χ1v) is 22.9. The summed E-state index contributed by atoms with van der Waals surface area (Å²) in [6.07, 6.45) is 42.0. The van der Waals surface area contributed by atoms with E-state index in [1.54, 1.807) is 21.1 Å². The molecule has 0 aromatic carbocycles. The van der Waals surface area contributed by atoms with Crippen molar-refractivity contribution in [1.29, 1.82) is 0 Å². The first-order valence-electron chi connectivity index (χ1n) is 22.9. The van der Waals surface area contributed by atoms with Crippen molar-refractivity contribution in [3.05, 3.63) is 24.3 Å². The van der Waals surface area contributed by atoms with Gasteiger partial charge in [0.2, 0.25) is 0 Å². The maximum atomic E-state index is 12.7. The third kappa shape index (κ3) is 37.2. The van der Waals surface area contributed by atoms with Gasteiger partial charge in [-0.3, -0.25) is 9.59 Å². The first-order chi connectivity index (χ1) is 26.6. The summed E-state index contributed by atoms with van der Waals surface area (Å²) in [4.78, 5) is 36.8. The van der Waals surface area contributed by atoms with E-state index in [0.717, 1.165) is 51.4 Å². The van der Waals surface area contributed by atoms with E-state index < -0.39 is 18.1 Å². The fraction of sp³-hybridized carbons (Fsp3) is 0.851. The van der Waals surface area contributed by atoms with Gasteiger partial charge in [-0.05, 0) is 64.2 Å². The van der Waals surface area contributed by atoms with Crippen molar-refractivity contribution in [1.82, 2.24) is 0 Å².